The van der Waals surface area contributed by atoms with Crippen molar-refractivity contribution in [2.75, 3.05) is 26.7 Å². The molecule has 0 N–H and O–H groups in total. The SMILES string of the molecule is COC1CCN(CC(=O)c2ccccc2)C1. The zero-order valence-corrected chi connectivity index (χ0v) is 9.56. The third kappa shape index (κ3) is 2.68. The summed E-state index contributed by atoms with van der Waals surface area (Å²) in [6, 6.07) is 9.45. The molecule has 16 heavy (non-hydrogen) atoms. The number of hydrogen-bond acceptors (Lipinski definition) is 3. The van der Waals surface area contributed by atoms with Crippen molar-refractivity contribution in [1.82, 2.24) is 4.90 Å². The van der Waals surface area contributed by atoms with E-state index in [0.29, 0.717) is 12.6 Å². The van der Waals surface area contributed by atoms with Crippen LogP contribution in [0.5, 0.6) is 0 Å². The van der Waals surface area contributed by atoms with Crippen LogP contribution in [-0.4, -0.2) is 43.5 Å². The monoisotopic (exact) mass is 219 g/mol. The molecule has 3 nitrogen and oxygen atoms in total. The quantitative estimate of drug-likeness (QED) is 0.720. The molecule has 0 radical (unpaired) electrons. The number of hydrogen-bond donors (Lipinski definition) is 0. The lowest BCUT2D eigenvalue weighted by molar-refractivity contribution is 0.0899. The molecule has 1 fully saturated rings. The maximum Gasteiger partial charge on any atom is 0.176 e. The number of ketones is 1. The third-order valence-corrected chi connectivity index (χ3v) is 3.03. The van der Waals surface area contributed by atoms with E-state index in [9.17, 15) is 4.79 Å². The van der Waals surface area contributed by atoms with Crippen LogP contribution in [0.15, 0.2) is 30.3 Å². The Hall–Kier alpha value is -1.19. The molecule has 0 bridgehead atoms. The van der Waals surface area contributed by atoms with Gasteiger partial charge in [-0.25, -0.2) is 0 Å². The van der Waals surface area contributed by atoms with Crippen LogP contribution in [0.25, 0.3) is 0 Å². The topological polar surface area (TPSA) is 29.5 Å². The van der Waals surface area contributed by atoms with Gasteiger partial charge in [-0.3, -0.25) is 9.69 Å². The van der Waals surface area contributed by atoms with Crippen LogP contribution in [0.1, 0.15) is 16.8 Å². The standard InChI is InChI=1S/C13H17NO2/c1-16-12-7-8-14(9-12)10-13(15)11-5-3-2-4-6-11/h2-6,12H,7-10H2,1H3. The van der Waals surface area contributed by atoms with E-state index < -0.39 is 0 Å². The maximum atomic E-state index is 11.9. The first kappa shape index (κ1) is 11.3. The van der Waals surface area contributed by atoms with E-state index in [1.165, 1.54) is 0 Å². The van der Waals surface area contributed by atoms with E-state index in [1.807, 2.05) is 30.3 Å². The number of Topliss-reactive ketones (excluding diaryl/α,β-unsaturated/α-hetero) is 1. The maximum absolute atomic E-state index is 11.9. The lowest BCUT2D eigenvalue weighted by atomic mass is 10.1. The molecule has 1 aromatic rings. The fourth-order valence-electron chi connectivity index (χ4n) is 2.05. The van der Waals surface area contributed by atoms with Crippen molar-refractivity contribution in [3.63, 3.8) is 0 Å². The number of carbonyl (C=O) groups excluding carboxylic acids is 1. The largest absolute Gasteiger partial charge is 0.380 e. The normalized spacial score (nSPS) is 21.2. The van der Waals surface area contributed by atoms with E-state index in [0.717, 1.165) is 25.1 Å². The second-order valence-corrected chi connectivity index (χ2v) is 4.17. The smallest absolute Gasteiger partial charge is 0.176 e. The van der Waals surface area contributed by atoms with Crippen molar-refractivity contribution in [1.29, 1.82) is 0 Å². The Morgan fingerprint density at radius 3 is 2.81 bits per heavy atom. The Bertz CT molecular complexity index is 350. The highest BCUT2D eigenvalue weighted by Crippen LogP contribution is 2.12. The Kier molecular flexibility index (Phi) is 3.70. The van der Waals surface area contributed by atoms with Gasteiger partial charge in [0.2, 0.25) is 0 Å². The molecule has 1 unspecified atom stereocenters. The molecule has 1 aliphatic rings. The minimum absolute atomic E-state index is 0.192. The van der Waals surface area contributed by atoms with Gasteiger partial charge in [-0.05, 0) is 6.42 Å². The predicted molar refractivity (Wildman–Crippen MR) is 62.6 cm³/mol. The fraction of sp³-hybridized carbons (Fsp3) is 0.462. The van der Waals surface area contributed by atoms with Crippen molar-refractivity contribution in [3.8, 4) is 0 Å². The van der Waals surface area contributed by atoms with E-state index in [-0.39, 0.29) is 5.78 Å². The average molecular weight is 219 g/mol. The van der Waals surface area contributed by atoms with Gasteiger partial charge in [0.05, 0.1) is 12.6 Å². The molecule has 0 aromatic heterocycles. The molecule has 0 aliphatic carbocycles. The van der Waals surface area contributed by atoms with Crippen molar-refractivity contribution in [2.24, 2.45) is 0 Å². The summed E-state index contributed by atoms with van der Waals surface area (Å²) in [6.45, 7) is 2.33. The summed E-state index contributed by atoms with van der Waals surface area (Å²) >= 11 is 0. The Labute approximate surface area is 96.0 Å². The average Bonchev–Trinajstić information content (AvgIpc) is 2.78. The Morgan fingerprint density at radius 2 is 2.19 bits per heavy atom. The summed E-state index contributed by atoms with van der Waals surface area (Å²) in [5.74, 6) is 0.192. The first-order valence-electron chi connectivity index (χ1n) is 5.63. The molecule has 1 heterocycles. The Morgan fingerprint density at radius 1 is 1.44 bits per heavy atom. The number of nitrogens with zero attached hydrogens (tertiary/aromatic N) is 1. The van der Waals surface area contributed by atoms with Crippen LogP contribution in [0.4, 0.5) is 0 Å². The van der Waals surface area contributed by atoms with E-state index in [2.05, 4.69) is 4.90 Å². The number of methoxy groups -OCH3 is 1. The zero-order chi connectivity index (χ0) is 11.4. The molecule has 3 heteroatoms. The highest BCUT2D eigenvalue weighted by molar-refractivity contribution is 5.97. The van der Waals surface area contributed by atoms with E-state index in [4.69, 9.17) is 4.74 Å². The summed E-state index contributed by atoms with van der Waals surface area (Å²) in [5, 5.41) is 0. The molecule has 86 valence electrons. The van der Waals surface area contributed by atoms with Gasteiger partial charge in [-0.15, -0.1) is 0 Å². The van der Waals surface area contributed by atoms with Gasteiger partial charge in [0.15, 0.2) is 5.78 Å². The molecule has 1 atom stereocenters. The molecule has 1 aromatic carbocycles. The lowest BCUT2D eigenvalue weighted by Gasteiger charge is -2.14. The highest BCUT2D eigenvalue weighted by atomic mass is 16.5. The fourth-order valence-corrected chi connectivity index (χ4v) is 2.05. The van der Waals surface area contributed by atoms with E-state index in [1.54, 1.807) is 7.11 Å². The molecule has 0 spiro atoms. The molecule has 1 saturated heterocycles. The molecule has 0 amide bonds. The summed E-state index contributed by atoms with van der Waals surface area (Å²) in [7, 11) is 1.73. The molecular weight excluding hydrogens is 202 g/mol. The molecular formula is C13H17NO2. The number of ether oxygens (including phenoxy) is 1. The minimum atomic E-state index is 0.192. The minimum Gasteiger partial charge on any atom is -0.380 e. The summed E-state index contributed by atoms with van der Waals surface area (Å²) < 4.78 is 5.28. The highest BCUT2D eigenvalue weighted by Gasteiger charge is 2.23. The van der Waals surface area contributed by atoms with Gasteiger partial charge < -0.3 is 4.74 Å². The van der Waals surface area contributed by atoms with Crippen LogP contribution in [-0.2, 0) is 4.74 Å². The first-order valence-corrected chi connectivity index (χ1v) is 5.63. The molecule has 0 saturated carbocycles. The van der Waals surface area contributed by atoms with Gasteiger partial charge in [0.1, 0.15) is 0 Å². The zero-order valence-electron chi connectivity index (χ0n) is 9.56. The summed E-state index contributed by atoms with van der Waals surface area (Å²) in [6.07, 6.45) is 1.32. The number of rotatable bonds is 4. The second kappa shape index (κ2) is 5.23. The van der Waals surface area contributed by atoms with Crippen molar-refractivity contribution >= 4 is 5.78 Å². The van der Waals surface area contributed by atoms with Crippen molar-refractivity contribution in [2.45, 2.75) is 12.5 Å². The van der Waals surface area contributed by atoms with Crippen LogP contribution in [0, 0.1) is 0 Å². The molecule has 1 aliphatic heterocycles. The van der Waals surface area contributed by atoms with Crippen LogP contribution in [0.2, 0.25) is 0 Å². The first-order chi connectivity index (χ1) is 7.79. The number of likely N-dealkylation sites (tertiary alicyclic amines) is 1. The van der Waals surface area contributed by atoms with Gasteiger partial charge in [0.25, 0.3) is 0 Å². The van der Waals surface area contributed by atoms with Crippen LogP contribution >= 0.6 is 0 Å². The number of carbonyl (C=O) groups is 1. The van der Waals surface area contributed by atoms with Crippen molar-refractivity contribution < 1.29 is 9.53 Å². The predicted octanol–water partition coefficient (Wildman–Crippen LogP) is 1.59. The Balaban J connectivity index is 1.89. The molecule has 2 rings (SSSR count). The second-order valence-electron chi connectivity index (χ2n) is 4.17. The van der Waals surface area contributed by atoms with Crippen molar-refractivity contribution in [3.05, 3.63) is 35.9 Å². The van der Waals surface area contributed by atoms with Crippen LogP contribution < -0.4 is 0 Å². The van der Waals surface area contributed by atoms with Gasteiger partial charge >= 0.3 is 0 Å². The summed E-state index contributed by atoms with van der Waals surface area (Å²) in [4.78, 5) is 14.1. The summed E-state index contributed by atoms with van der Waals surface area (Å²) in [5.41, 5.74) is 0.795. The van der Waals surface area contributed by atoms with E-state index >= 15 is 0 Å². The lowest BCUT2D eigenvalue weighted by Crippen LogP contribution is -2.29. The number of benzene rings is 1. The van der Waals surface area contributed by atoms with Crippen LogP contribution in [0.3, 0.4) is 0 Å². The van der Waals surface area contributed by atoms with Gasteiger partial charge in [-0.2, -0.15) is 0 Å². The van der Waals surface area contributed by atoms with Gasteiger partial charge in [0, 0.05) is 25.8 Å². The third-order valence-electron chi connectivity index (χ3n) is 3.03. The van der Waals surface area contributed by atoms with Gasteiger partial charge in [-0.1, -0.05) is 30.3 Å².